The van der Waals surface area contributed by atoms with E-state index in [-0.39, 0.29) is 11.7 Å². The Hall–Kier alpha value is -1.16. The van der Waals surface area contributed by atoms with Crippen LogP contribution in [0.1, 0.15) is 36.8 Å². The molecule has 1 aliphatic rings. The summed E-state index contributed by atoms with van der Waals surface area (Å²) in [5.41, 5.74) is 2.54. The molecule has 108 valence electrons. The Morgan fingerprint density at radius 1 is 1.40 bits per heavy atom. The first-order valence-electron chi connectivity index (χ1n) is 7.11. The monoisotopic (exact) mass is 337 g/mol. The molecule has 1 aliphatic heterocycles. The number of benzene rings is 1. The Labute approximate surface area is 128 Å². The van der Waals surface area contributed by atoms with Crippen molar-refractivity contribution in [2.45, 2.75) is 39.0 Å². The van der Waals surface area contributed by atoms with Crippen molar-refractivity contribution in [1.82, 2.24) is 4.90 Å². The quantitative estimate of drug-likeness (QED) is 0.845. The maximum Gasteiger partial charge on any atom is 0.222 e. The third-order valence-electron chi connectivity index (χ3n) is 3.75. The molecule has 0 saturated carbocycles. The van der Waals surface area contributed by atoms with Gasteiger partial charge in [-0.3, -0.25) is 9.59 Å². The maximum absolute atomic E-state index is 12.1. The minimum absolute atomic E-state index is 0.116. The van der Waals surface area contributed by atoms with Gasteiger partial charge in [0.05, 0.1) is 6.54 Å². The van der Waals surface area contributed by atoms with Gasteiger partial charge in [0, 0.05) is 23.9 Å². The van der Waals surface area contributed by atoms with Gasteiger partial charge in [-0.1, -0.05) is 22.0 Å². The summed E-state index contributed by atoms with van der Waals surface area (Å²) in [5.74, 6) is 0.304. The lowest BCUT2D eigenvalue weighted by atomic mass is 10.0. The van der Waals surface area contributed by atoms with Crippen LogP contribution in [-0.2, 0) is 16.0 Å². The summed E-state index contributed by atoms with van der Waals surface area (Å²) in [7, 11) is 0. The lowest BCUT2D eigenvalue weighted by Crippen LogP contribution is -2.40. The van der Waals surface area contributed by atoms with Crippen molar-refractivity contribution in [2.24, 2.45) is 0 Å². The minimum Gasteiger partial charge on any atom is -0.335 e. The number of ketones is 1. The molecule has 0 N–H and O–H groups in total. The number of hydrogen-bond donors (Lipinski definition) is 0. The Balaban J connectivity index is 1.82. The number of Topliss-reactive ketones (excluding diaryl/α,β-unsaturated/α-hetero) is 1. The number of amides is 1. The smallest absolute Gasteiger partial charge is 0.222 e. The highest BCUT2D eigenvalue weighted by molar-refractivity contribution is 9.10. The highest BCUT2D eigenvalue weighted by Crippen LogP contribution is 2.18. The first kappa shape index (κ1) is 15.2. The van der Waals surface area contributed by atoms with E-state index in [0.717, 1.165) is 30.3 Å². The second-order valence-corrected chi connectivity index (χ2v) is 6.30. The molecule has 2 rings (SSSR count). The number of aryl methyl sites for hydroxylation is 2. The topological polar surface area (TPSA) is 37.4 Å². The molecule has 0 atom stereocenters. The first-order valence-corrected chi connectivity index (χ1v) is 7.90. The van der Waals surface area contributed by atoms with Crippen LogP contribution in [0.3, 0.4) is 0 Å². The van der Waals surface area contributed by atoms with Crippen molar-refractivity contribution in [3.8, 4) is 0 Å². The zero-order valence-electron chi connectivity index (χ0n) is 11.8. The van der Waals surface area contributed by atoms with E-state index in [4.69, 9.17) is 0 Å². The van der Waals surface area contributed by atoms with Crippen molar-refractivity contribution in [2.75, 3.05) is 13.1 Å². The number of hydrogen-bond acceptors (Lipinski definition) is 2. The van der Waals surface area contributed by atoms with E-state index in [0.29, 0.717) is 19.4 Å². The second-order valence-electron chi connectivity index (χ2n) is 5.38. The Kier molecular flexibility index (Phi) is 5.35. The van der Waals surface area contributed by atoms with Gasteiger partial charge in [-0.2, -0.15) is 0 Å². The second kappa shape index (κ2) is 7.02. The van der Waals surface area contributed by atoms with Gasteiger partial charge in [0.25, 0.3) is 0 Å². The molecule has 1 saturated heterocycles. The van der Waals surface area contributed by atoms with Gasteiger partial charge in [-0.05, 0) is 49.4 Å². The van der Waals surface area contributed by atoms with Gasteiger partial charge < -0.3 is 4.90 Å². The molecule has 4 heteroatoms. The van der Waals surface area contributed by atoms with E-state index in [9.17, 15) is 9.59 Å². The molecule has 1 fully saturated rings. The highest BCUT2D eigenvalue weighted by Gasteiger charge is 2.20. The summed E-state index contributed by atoms with van der Waals surface area (Å²) >= 11 is 3.47. The molecule has 0 aromatic heterocycles. The highest BCUT2D eigenvalue weighted by atomic mass is 79.9. The largest absolute Gasteiger partial charge is 0.335 e. The maximum atomic E-state index is 12.1. The molecule has 1 aromatic rings. The molecular weight excluding hydrogens is 318 g/mol. The van der Waals surface area contributed by atoms with E-state index in [2.05, 4.69) is 35.0 Å². The molecule has 0 spiro atoms. The molecule has 1 heterocycles. The molecule has 1 aromatic carbocycles. The van der Waals surface area contributed by atoms with Gasteiger partial charge >= 0.3 is 0 Å². The van der Waals surface area contributed by atoms with Crippen LogP contribution in [0.15, 0.2) is 22.7 Å². The van der Waals surface area contributed by atoms with Crippen molar-refractivity contribution in [3.63, 3.8) is 0 Å². The van der Waals surface area contributed by atoms with Crippen molar-refractivity contribution < 1.29 is 9.59 Å². The zero-order valence-corrected chi connectivity index (χ0v) is 13.4. The van der Waals surface area contributed by atoms with Crippen LogP contribution < -0.4 is 0 Å². The van der Waals surface area contributed by atoms with Crippen LogP contribution in [0.4, 0.5) is 0 Å². The fraction of sp³-hybridized carbons (Fsp3) is 0.500. The third-order valence-corrected chi connectivity index (χ3v) is 4.24. The van der Waals surface area contributed by atoms with Gasteiger partial charge in [0.1, 0.15) is 0 Å². The van der Waals surface area contributed by atoms with Gasteiger partial charge in [0.2, 0.25) is 5.91 Å². The summed E-state index contributed by atoms with van der Waals surface area (Å²) < 4.78 is 1.08. The Morgan fingerprint density at radius 2 is 2.20 bits per heavy atom. The average molecular weight is 338 g/mol. The van der Waals surface area contributed by atoms with Crippen LogP contribution in [0, 0.1) is 6.92 Å². The summed E-state index contributed by atoms with van der Waals surface area (Å²) in [6, 6.07) is 6.23. The van der Waals surface area contributed by atoms with E-state index in [1.54, 1.807) is 4.90 Å². The van der Waals surface area contributed by atoms with Crippen LogP contribution in [0.25, 0.3) is 0 Å². The Morgan fingerprint density at radius 3 is 2.95 bits per heavy atom. The predicted molar refractivity (Wildman–Crippen MR) is 82.6 cm³/mol. The van der Waals surface area contributed by atoms with Crippen LogP contribution in [-0.4, -0.2) is 29.7 Å². The van der Waals surface area contributed by atoms with Crippen molar-refractivity contribution in [1.29, 1.82) is 0 Å². The van der Waals surface area contributed by atoms with E-state index in [1.165, 1.54) is 11.1 Å². The summed E-state index contributed by atoms with van der Waals surface area (Å²) in [6.07, 6.45) is 3.70. The fourth-order valence-electron chi connectivity index (χ4n) is 2.55. The number of rotatable bonds is 4. The number of carbonyl (C=O) groups excluding carboxylic acids is 2. The summed E-state index contributed by atoms with van der Waals surface area (Å²) in [4.78, 5) is 25.1. The molecule has 0 bridgehead atoms. The zero-order chi connectivity index (χ0) is 14.5. The van der Waals surface area contributed by atoms with Crippen molar-refractivity contribution >= 4 is 27.6 Å². The van der Waals surface area contributed by atoms with E-state index in [1.807, 2.05) is 6.07 Å². The number of likely N-dealkylation sites (tertiary alicyclic amines) is 1. The van der Waals surface area contributed by atoms with E-state index < -0.39 is 0 Å². The van der Waals surface area contributed by atoms with Gasteiger partial charge in [0.15, 0.2) is 5.78 Å². The molecule has 0 radical (unpaired) electrons. The van der Waals surface area contributed by atoms with Crippen molar-refractivity contribution in [3.05, 3.63) is 33.8 Å². The lowest BCUT2D eigenvalue weighted by molar-refractivity contribution is -0.137. The van der Waals surface area contributed by atoms with Crippen LogP contribution >= 0.6 is 15.9 Å². The predicted octanol–water partition coefficient (Wildman–Crippen LogP) is 3.27. The number of piperidine rings is 1. The molecule has 0 unspecified atom stereocenters. The molecule has 20 heavy (non-hydrogen) atoms. The molecular formula is C16H20BrNO2. The SMILES string of the molecule is Cc1ccc(Br)cc1CCCC(=O)N1CCCC(=O)C1. The standard InChI is InChI=1S/C16H20BrNO2/c1-12-7-8-14(17)10-13(12)4-2-6-16(20)18-9-3-5-15(19)11-18/h7-8,10H,2-6,9,11H2,1H3. The Bertz CT molecular complexity index is 513. The van der Waals surface area contributed by atoms with Crippen LogP contribution in [0.5, 0.6) is 0 Å². The molecule has 3 nitrogen and oxygen atoms in total. The minimum atomic E-state index is 0.116. The number of nitrogens with zero attached hydrogens (tertiary/aromatic N) is 1. The third kappa shape index (κ3) is 4.17. The van der Waals surface area contributed by atoms with Gasteiger partial charge in [-0.25, -0.2) is 0 Å². The first-order chi connectivity index (χ1) is 9.56. The summed E-state index contributed by atoms with van der Waals surface area (Å²) in [6.45, 7) is 3.14. The van der Waals surface area contributed by atoms with E-state index >= 15 is 0 Å². The van der Waals surface area contributed by atoms with Crippen LogP contribution in [0.2, 0.25) is 0 Å². The average Bonchev–Trinajstić information content (AvgIpc) is 2.42. The summed E-state index contributed by atoms with van der Waals surface area (Å²) in [5, 5.41) is 0. The lowest BCUT2D eigenvalue weighted by Gasteiger charge is -2.25. The number of carbonyl (C=O) groups is 2. The number of halogens is 1. The molecule has 1 amide bonds. The normalized spacial score (nSPS) is 15.5. The fourth-order valence-corrected chi connectivity index (χ4v) is 2.96. The van der Waals surface area contributed by atoms with Gasteiger partial charge in [-0.15, -0.1) is 0 Å². The molecule has 0 aliphatic carbocycles.